The highest BCUT2D eigenvalue weighted by Gasteiger charge is 2.24. The summed E-state index contributed by atoms with van der Waals surface area (Å²) < 4.78 is 0. The molecule has 3 aromatic rings. The van der Waals surface area contributed by atoms with Crippen LogP contribution in [0.25, 0.3) is 0 Å². The molecule has 2 heteroatoms. The maximum Gasteiger partial charge on any atom is 0.0947 e. The van der Waals surface area contributed by atoms with Crippen LogP contribution >= 0.6 is 0 Å². The summed E-state index contributed by atoms with van der Waals surface area (Å²) >= 11 is 0. The van der Waals surface area contributed by atoms with Crippen LogP contribution in [-0.2, 0) is 0 Å². The number of nitrogens with one attached hydrogen (secondary N) is 1. The number of anilines is 1. The molecule has 3 aromatic carbocycles. The van der Waals surface area contributed by atoms with Crippen molar-refractivity contribution >= 4 is 17.1 Å². The molecule has 1 heterocycles. The van der Waals surface area contributed by atoms with Crippen molar-refractivity contribution in [3.63, 3.8) is 0 Å². The fraction of sp³-hybridized carbons (Fsp3) is 0.0500. The zero-order chi connectivity index (χ0) is 14.8. The lowest BCUT2D eigenvalue weighted by Gasteiger charge is -2.27. The van der Waals surface area contributed by atoms with E-state index in [0.29, 0.717) is 0 Å². The largest absolute Gasteiger partial charge is 0.371 e. The predicted octanol–water partition coefficient (Wildman–Crippen LogP) is 4.97. The van der Waals surface area contributed by atoms with Gasteiger partial charge in [-0.25, -0.2) is 4.99 Å². The highest BCUT2D eigenvalue weighted by Crippen LogP contribution is 2.36. The van der Waals surface area contributed by atoms with Crippen LogP contribution in [0.2, 0.25) is 0 Å². The van der Waals surface area contributed by atoms with Crippen LogP contribution in [-0.4, -0.2) is 5.71 Å². The van der Waals surface area contributed by atoms with E-state index in [2.05, 4.69) is 59.9 Å². The van der Waals surface area contributed by atoms with Crippen LogP contribution in [0.1, 0.15) is 17.2 Å². The molecular weight excluding hydrogens is 268 g/mol. The predicted molar refractivity (Wildman–Crippen MR) is 91.9 cm³/mol. The second-order valence-corrected chi connectivity index (χ2v) is 5.37. The van der Waals surface area contributed by atoms with Crippen molar-refractivity contribution in [1.82, 2.24) is 0 Å². The van der Waals surface area contributed by atoms with E-state index in [4.69, 9.17) is 4.99 Å². The number of fused-ring (bicyclic) bond motifs is 1. The first-order chi connectivity index (χ1) is 10.9. The fourth-order valence-electron chi connectivity index (χ4n) is 2.84. The van der Waals surface area contributed by atoms with E-state index in [0.717, 1.165) is 22.6 Å². The lowest BCUT2D eigenvalue weighted by molar-refractivity contribution is 1.01. The minimum absolute atomic E-state index is 0.0681. The Morgan fingerprint density at radius 3 is 2.09 bits per heavy atom. The molecular formula is C20H16N2. The van der Waals surface area contributed by atoms with Crippen LogP contribution in [0.15, 0.2) is 89.9 Å². The Bertz CT molecular complexity index is 807. The second-order valence-electron chi connectivity index (χ2n) is 5.37. The quantitative estimate of drug-likeness (QED) is 0.705. The molecule has 0 spiro atoms. The van der Waals surface area contributed by atoms with Crippen LogP contribution < -0.4 is 5.32 Å². The van der Waals surface area contributed by atoms with Gasteiger partial charge in [-0.2, -0.15) is 0 Å². The van der Waals surface area contributed by atoms with Gasteiger partial charge >= 0.3 is 0 Å². The Hall–Kier alpha value is -2.87. The van der Waals surface area contributed by atoms with Crippen molar-refractivity contribution in [2.75, 3.05) is 5.32 Å². The topological polar surface area (TPSA) is 24.4 Å². The molecule has 0 aliphatic carbocycles. The molecule has 106 valence electrons. The van der Waals surface area contributed by atoms with Crippen molar-refractivity contribution < 1.29 is 0 Å². The molecule has 0 saturated carbocycles. The van der Waals surface area contributed by atoms with Gasteiger partial charge in [0.2, 0.25) is 0 Å². The first-order valence-electron chi connectivity index (χ1n) is 7.46. The molecule has 0 fully saturated rings. The Morgan fingerprint density at radius 2 is 1.32 bits per heavy atom. The summed E-state index contributed by atoms with van der Waals surface area (Å²) in [7, 11) is 0. The lowest BCUT2D eigenvalue weighted by atomic mass is 9.94. The van der Waals surface area contributed by atoms with Gasteiger partial charge in [0.1, 0.15) is 0 Å². The van der Waals surface area contributed by atoms with Gasteiger partial charge in [0.25, 0.3) is 0 Å². The van der Waals surface area contributed by atoms with Gasteiger partial charge in [-0.05, 0) is 23.3 Å². The van der Waals surface area contributed by atoms with E-state index >= 15 is 0 Å². The summed E-state index contributed by atoms with van der Waals surface area (Å²) in [4.78, 5) is 4.93. The number of hydrogen-bond donors (Lipinski definition) is 1. The normalized spacial score (nSPS) is 16.4. The third kappa shape index (κ3) is 2.29. The number of rotatable bonds is 2. The number of aliphatic imine (C=N–C) groups is 1. The maximum absolute atomic E-state index is 4.93. The molecule has 0 unspecified atom stereocenters. The molecule has 0 bridgehead atoms. The first kappa shape index (κ1) is 12.8. The first-order valence-corrected chi connectivity index (χ1v) is 7.46. The van der Waals surface area contributed by atoms with Crippen LogP contribution in [0.4, 0.5) is 11.4 Å². The third-order valence-corrected chi connectivity index (χ3v) is 3.92. The molecule has 0 amide bonds. The minimum Gasteiger partial charge on any atom is -0.371 e. The fourth-order valence-corrected chi connectivity index (χ4v) is 2.84. The molecule has 0 radical (unpaired) electrons. The number of hydrogen-bond acceptors (Lipinski definition) is 2. The molecule has 1 N–H and O–H groups in total. The standard InChI is InChI=1S/C20H16N2/c1-3-9-15(10-4-1)19-20(16-11-5-2-6-12-16)22-18-14-8-7-13-17(18)21-19/h1-14,19,21H/t19-/m0/s1. The van der Waals surface area contributed by atoms with Gasteiger partial charge in [-0.3, -0.25) is 0 Å². The highest BCUT2D eigenvalue weighted by molar-refractivity contribution is 6.09. The van der Waals surface area contributed by atoms with Gasteiger partial charge in [0.15, 0.2) is 0 Å². The van der Waals surface area contributed by atoms with E-state index in [1.807, 2.05) is 30.3 Å². The smallest absolute Gasteiger partial charge is 0.0947 e. The molecule has 1 atom stereocenters. The number of nitrogens with zero attached hydrogens (tertiary/aromatic N) is 1. The third-order valence-electron chi connectivity index (χ3n) is 3.92. The van der Waals surface area contributed by atoms with Gasteiger partial charge in [0.05, 0.1) is 23.1 Å². The summed E-state index contributed by atoms with van der Waals surface area (Å²) in [5.74, 6) is 0. The number of para-hydroxylation sites is 2. The summed E-state index contributed by atoms with van der Waals surface area (Å²) in [6, 6.07) is 29.1. The molecule has 2 nitrogen and oxygen atoms in total. The maximum atomic E-state index is 4.93. The summed E-state index contributed by atoms with van der Waals surface area (Å²) in [6.45, 7) is 0. The summed E-state index contributed by atoms with van der Waals surface area (Å²) in [6.07, 6.45) is 0. The Balaban J connectivity index is 1.87. The molecule has 0 aromatic heterocycles. The number of benzene rings is 3. The minimum atomic E-state index is 0.0681. The van der Waals surface area contributed by atoms with E-state index < -0.39 is 0 Å². The van der Waals surface area contributed by atoms with Gasteiger partial charge in [-0.1, -0.05) is 72.8 Å². The van der Waals surface area contributed by atoms with Crippen LogP contribution in [0.3, 0.4) is 0 Å². The van der Waals surface area contributed by atoms with E-state index in [1.54, 1.807) is 0 Å². The van der Waals surface area contributed by atoms with Crippen molar-refractivity contribution in [1.29, 1.82) is 0 Å². The lowest BCUT2D eigenvalue weighted by Crippen LogP contribution is -2.24. The zero-order valence-electron chi connectivity index (χ0n) is 12.1. The zero-order valence-corrected chi connectivity index (χ0v) is 12.1. The summed E-state index contributed by atoms with van der Waals surface area (Å²) in [5.41, 5.74) is 5.51. The van der Waals surface area contributed by atoms with Crippen molar-refractivity contribution in [2.45, 2.75) is 6.04 Å². The Kier molecular flexibility index (Phi) is 3.20. The molecule has 4 rings (SSSR count). The highest BCUT2D eigenvalue weighted by atomic mass is 15.0. The van der Waals surface area contributed by atoms with Crippen molar-refractivity contribution in [3.05, 3.63) is 96.1 Å². The molecule has 1 aliphatic heterocycles. The van der Waals surface area contributed by atoms with Crippen molar-refractivity contribution in [3.8, 4) is 0 Å². The molecule has 1 aliphatic rings. The van der Waals surface area contributed by atoms with Crippen molar-refractivity contribution in [2.24, 2.45) is 4.99 Å². The van der Waals surface area contributed by atoms with Gasteiger partial charge in [-0.15, -0.1) is 0 Å². The van der Waals surface area contributed by atoms with Gasteiger partial charge < -0.3 is 5.32 Å². The second kappa shape index (κ2) is 5.49. The van der Waals surface area contributed by atoms with E-state index in [1.165, 1.54) is 5.56 Å². The Labute approximate surface area is 130 Å². The van der Waals surface area contributed by atoms with Crippen LogP contribution in [0, 0.1) is 0 Å². The molecule has 0 saturated heterocycles. The SMILES string of the molecule is c1ccc(C2=Nc3ccccc3N[C@H]2c2ccccc2)cc1. The monoisotopic (exact) mass is 284 g/mol. The average Bonchev–Trinajstić information content (AvgIpc) is 2.62. The average molecular weight is 284 g/mol. The van der Waals surface area contributed by atoms with E-state index in [-0.39, 0.29) is 6.04 Å². The van der Waals surface area contributed by atoms with Crippen LogP contribution in [0.5, 0.6) is 0 Å². The Morgan fingerprint density at radius 1 is 0.682 bits per heavy atom. The molecule has 22 heavy (non-hydrogen) atoms. The van der Waals surface area contributed by atoms with Gasteiger partial charge in [0, 0.05) is 0 Å². The summed E-state index contributed by atoms with van der Waals surface area (Å²) in [5, 5.41) is 3.63. The van der Waals surface area contributed by atoms with E-state index in [9.17, 15) is 0 Å².